The van der Waals surface area contributed by atoms with Crippen LogP contribution < -0.4 is 0 Å². The molecule has 6 heteroatoms. The fourth-order valence-corrected chi connectivity index (χ4v) is 2.61. The summed E-state index contributed by atoms with van der Waals surface area (Å²) in [6, 6.07) is 0.452. The molecule has 1 aliphatic carbocycles. The minimum Gasteiger partial charge on any atom is -0.481 e. The first-order chi connectivity index (χ1) is 9.11. The molecule has 2 N–H and O–H groups in total. The molecule has 2 fully saturated rings. The molecule has 0 aromatic heterocycles. The molecule has 0 atom stereocenters. The summed E-state index contributed by atoms with van der Waals surface area (Å²) in [6.45, 7) is 2.04. The molecule has 2 rings (SSSR count). The zero-order valence-electron chi connectivity index (χ0n) is 11.1. The van der Waals surface area contributed by atoms with Gasteiger partial charge in [-0.15, -0.1) is 0 Å². The van der Waals surface area contributed by atoms with Crippen LogP contribution in [0.2, 0.25) is 0 Å². The summed E-state index contributed by atoms with van der Waals surface area (Å²) in [5.74, 6) is -1.00. The SMILES string of the molecule is O=C(O)C1CCN(C(=O)CN(CCO)C2CC2)CC1. The number of nitrogens with zero attached hydrogens (tertiary/aromatic N) is 2. The maximum absolute atomic E-state index is 12.1. The lowest BCUT2D eigenvalue weighted by Crippen LogP contribution is -2.46. The van der Waals surface area contributed by atoms with Crippen LogP contribution in [-0.2, 0) is 9.59 Å². The lowest BCUT2D eigenvalue weighted by Gasteiger charge is -2.32. The molecule has 0 aromatic carbocycles. The third-order valence-electron chi connectivity index (χ3n) is 3.99. The Balaban J connectivity index is 1.78. The summed E-state index contributed by atoms with van der Waals surface area (Å²) >= 11 is 0. The standard InChI is InChI=1S/C13H22N2O4/c16-8-7-15(11-1-2-11)9-12(17)14-5-3-10(4-6-14)13(18)19/h10-11,16H,1-9H2,(H,18,19). The van der Waals surface area contributed by atoms with Gasteiger partial charge < -0.3 is 15.1 Å². The van der Waals surface area contributed by atoms with Crippen LogP contribution in [-0.4, -0.2) is 70.7 Å². The molecule has 0 aromatic rings. The number of carboxylic acid groups (broad SMARTS) is 1. The van der Waals surface area contributed by atoms with Crippen molar-refractivity contribution >= 4 is 11.9 Å². The second kappa shape index (κ2) is 6.34. The Kier molecular flexibility index (Phi) is 4.76. The van der Waals surface area contributed by atoms with Crippen molar-refractivity contribution in [3.8, 4) is 0 Å². The van der Waals surface area contributed by atoms with E-state index in [-0.39, 0.29) is 18.4 Å². The first-order valence-electron chi connectivity index (χ1n) is 6.97. The van der Waals surface area contributed by atoms with Crippen LogP contribution in [0.5, 0.6) is 0 Å². The number of carboxylic acids is 1. The minimum atomic E-state index is -0.757. The van der Waals surface area contributed by atoms with Gasteiger partial charge in [-0.2, -0.15) is 0 Å². The van der Waals surface area contributed by atoms with Crippen molar-refractivity contribution in [3.05, 3.63) is 0 Å². The van der Waals surface area contributed by atoms with Crippen molar-refractivity contribution in [1.29, 1.82) is 0 Å². The van der Waals surface area contributed by atoms with E-state index in [1.165, 1.54) is 0 Å². The molecule has 1 saturated heterocycles. The third kappa shape index (κ3) is 3.91. The molecule has 108 valence electrons. The van der Waals surface area contributed by atoms with Crippen molar-refractivity contribution in [2.24, 2.45) is 5.92 Å². The van der Waals surface area contributed by atoms with E-state index < -0.39 is 5.97 Å². The summed E-state index contributed by atoms with van der Waals surface area (Å²) in [4.78, 5) is 26.8. The average Bonchev–Trinajstić information content (AvgIpc) is 3.22. The summed E-state index contributed by atoms with van der Waals surface area (Å²) in [7, 11) is 0. The number of rotatable bonds is 6. The molecule has 0 bridgehead atoms. The Morgan fingerprint density at radius 2 is 1.79 bits per heavy atom. The number of piperidine rings is 1. The molecule has 0 radical (unpaired) electrons. The van der Waals surface area contributed by atoms with Crippen molar-refractivity contribution in [2.75, 3.05) is 32.8 Å². The predicted octanol–water partition coefficient (Wildman–Crippen LogP) is -0.234. The average molecular weight is 270 g/mol. The minimum absolute atomic E-state index is 0.0594. The van der Waals surface area contributed by atoms with E-state index in [0.29, 0.717) is 45.1 Å². The summed E-state index contributed by atoms with van der Waals surface area (Å²) in [5.41, 5.74) is 0. The van der Waals surface area contributed by atoms with E-state index in [9.17, 15) is 9.59 Å². The molecule has 1 saturated carbocycles. The number of aliphatic carboxylic acids is 1. The van der Waals surface area contributed by atoms with Gasteiger partial charge in [0.05, 0.1) is 19.1 Å². The van der Waals surface area contributed by atoms with Gasteiger partial charge in [-0.1, -0.05) is 0 Å². The first-order valence-corrected chi connectivity index (χ1v) is 6.97. The van der Waals surface area contributed by atoms with Gasteiger partial charge in [-0.05, 0) is 25.7 Å². The van der Waals surface area contributed by atoms with Gasteiger partial charge >= 0.3 is 5.97 Å². The molecule has 1 amide bonds. The van der Waals surface area contributed by atoms with E-state index in [2.05, 4.69) is 0 Å². The Bertz CT molecular complexity index is 336. The second-order valence-electron chi connectivity index (χ2n) is 5.42. The summed E-state index contributed by atoms with van der Waals surface area (Å²) in [6.07, 6.45) is 3.30. The predicted molar refractivity (Wildman–Crippen MR) is 68.6 cm³/mol. The van der Waals surface area contributed by atoms with Gasteiger partial charge in [0.2, 0.25) is 5.91 Å². The number of carbonyl (C=O) groups excluding carboxylic acids is 1. The fourth-order valence-electron chi connectivity index (χ4n) is 2.61. The monoisotopic (exact) mass is 270 g/mol. The highest BCUT2D eigenvalue weighted by Crippen LogP contribution is 2.26. The largest absolute Gasteiger partial charge is 0.481 e. The molecule has 2 aliphatic rings. The van der Waals surface area contributed by atoms with E-state index in [0.717, 1.165) is 12.8 Å². The Labute approximate surface area is 113 Å². The highest BCUT2D eigenvalue weighted by Gasteiger charge is 2.32. The molecule has 0 spiro atoms. The van der Waals surface area contributed by atoms with Crippen LogP contribution in [0.1, 0.15) is 25.7 Å². The number of amides is 1. The lowest BCUT2D eigenvalue weighted by molar-refractivity contribution is -0.146. The first kappa shape index (κ1) is 14.3. The molecule has 1 heterocycles. The lowest BCUT2D eigenvalue weighted by atomic mass is 9.97. The van der Waals surface area contributed by atoms with Crippen molar-refractivity contribution in [1.82, 2.24) is 9.80 Å². The van der Waals surface area contributed by atoms with E-state index in [4.69, 9.17) is 10.2 Å². The Hall–Kier alpha value is -1.14. The quantitative estimate of drug-likeness (QED) is 0.696. The van der Waals surface area contributed by atoms with Crippen molar-refractivity contribution in [2.45, 2.75) is 31.7 Å². The van der Waals surface area contributed by atoms with E-state index in [1.54, 1.807) is 4.90 Å². The number of hydrogen-bond acceptors (Lipinski definition) is 4. The fraction of sp³-hybridized carbons (Fsp3) is 0.846. The number of carbonyl (C=O) groups is 2. The van der Waals surface area contributed by atoms with Gasteiger partial charge in [0, 0.05) is 25.7 Å². The molecular formula is C13H22N2O4. The van der Waals surface area contributed by atoms with E-state index in [1.807, 2.05) is 4.90 Å². The van der Waals surface area contributed by atoms with Crippen LogP contribution in [0, 0.1) is 5.92 Å². The third-order valence-corrected chi connectivity index (χ3v) is 3.99. The zero-order chi connectivity index (χ0) is 13.8. The maximum atomic E-state index is 12.1. The van der Waals surface area contributed by atoms with Crippen LogP contribution >= 0.6 is 0 Å². The van der Waals surface area contributed by atoms with Gasteiger partial charge in [0.25, 0.3) is 0 Å². The normalized spacial score (nSPS) is 20.8. The summed E-state index contributed by atoms with van der Waals surface area (Å²) < 4.78 is 0. The van der Waals surface area contributed by atoms with Crippen molar-refractivity contribution < 1.29 is 19.8 Å². The highest BCUT2D eigenvalue weighted by molar-refractivity contribution is 5.79. The second-order valence-corrected chi connectivity index (χ2v) is 5.42. The van der Waals surface area contributed by atoms with Crippen LogP contribution in [0.15, 0.2) is 0 Å². The topological polar surface area (TPSA) is 81.1 Å². The maximum Gasteiger partial charge on any atom is 0.306 e. The molecule has 0 unspecified atom stereocenters. The summed E-state index contributed by atoms with van der Waals surface area (Å²) in [5, 5.41) is 17.9. The van der Waals surface area contributed by atoms with Gasteiger partial charge in [0.15, 0.2) is 0 Å². The number of likely N-dealkylation sites (tertiary alicyclic amines) is 1. The molecule has 6 nitrogen and oxygen atoms in total. The Morgan fingerprint density at radius 3 is 2.26 bits per heavy atom. The number of aliphatic hydroxyl groups excluding tert-OH is 1. The van der Waals surface area contributed by atoms with Crippen LogP contribution in [0.4, 0.5) is 0 Å². The number of hydrogen-bond donors (Lipinski definition) is 2. The van der Waals surface area contributed by atoms with Crippen molar-refractivity contribution in [3.63, 3.8) is 0 Å². The molecule has 19 heavy (non-hydrogen) atoms. The van der Waals surface area contributed by atoms with E-state index >= 15 is 0 Å². The van der Waals surface area contributed by atoms with Crippen LogP contribution in [0.25, 0.3) is 0 Å². The van der Waals surface area contributed by atoms with Gasteiger partial charge in [-0.25, -0.2) is 0 Å². The smallest absolute Gasteiger partial charge is 0.306 e. The van der Waals surface area contributed by atoms with Gasteiger partial charge in [-0.3, -0.25) is 14.5 Å². The highest BCUT2D eigenvalue weighted by atomic mass is 16.4. The van der Waals surface area contributed by atoms with Crippen LogP contribution in [0.3, 0.4) is 0 Å². The molecule has 1 aliphatic heterocycles. The number of aliphatic hydroxyl groups is 1. The van der Waals surface area contributed by atoms with Gasteiger partial charge in [0.1, 0.15) is 0 Å². The zero-order valence-corrected chi connectivity index (χ0v) is 11.1. The molecular weight excluding hydrogens is 248 g/mol. The Morgan fingerprint density at radius 1 is 1.16 bits per heavy atom.